The summed E-state index contributed by atoms with van der Waals surface area (Å²) in [6.07, 6.45) is 2.47. The zero-order valence-corrected chi connectivity index (χ0v) is 12.5. The first kappa shape index (κ1) is 16.3. The molecule has 2 rings (SSSR count). The summed E-state index contributed by atoms with van der Waals surface area (Å²) in [6.45, 7) is 5.23. The van der Waals surface area contributed by atoms with Gasteiger partial charge in [-0.05, 0) is 18.6 Å². The lowest BCUT2D eigenvalue weighted by Crippen LogP contribution is -2.37. The Morgan fingerprint density at radius 2 is 2.18 bits per heavy atom. The van der Waals surface area contributed by atoms with Crippen molar-refractivity contribution in [1.29, 1.82) is 0 Å². The minimum Gasteiger partial charge on any atom is -0.493 e. The summed E-state index contributed by atoms with van der Waals surface area (Å²) in [5, 5.41) is 3.75. The number of ether oxygens (including phenoxy) is 2. The average Bonchev–Trinajstić information content (AvgIpc) is 2.53. The molecule has 1 fully saturated rings. The Kier molecular flexibility index (Phi) is 6.66. The van der Waals surface area contributed by atoms with Gasteiger partial charge >= 0.3 is 6.03 Å². The number of para-hydroxylation sites is 1. The van der Waals surface area contributed by atoms with Crippen LogP contribution in [0.2, 0.25) is 0 Å². The normalized spacial score (nSPS) is 15.8. The van der Waals surface area contributed by atoms with Crippen molar-refractivity contribution in [2.75, 3.05) is 39.5 Å². The number of hydrogen-bond donors (Lipinski definition) is 2. The van der Waals surface area contributed by atoms with Gasteiger partial charge in [-0.2, -0.15) is 5.10 Å². The van der Waals surface area contributed by atoms with E-state index in [-0.39, 0.29) is 0 Å². The van der Waals surface area contributed by atoms with E-state index in [9.17, 15) is 4.79 Å². The Hall–Kier alpha value is -2.12. The monoisotopic (exact) mass is 306 g/mol. The van der Waals surface area contributed by atoms with Crippen molar-refractivity contribution in [3.8, 4) is 5.75 Å². The Labute approximate surface area is 130 Å². The van der Waals surface area contributed by atoms with E-state index in [1.54, 1.807) is 0 Å². The molecule has 0 unspecified atom stereocenters. The summed E-state index contributed by atoms with van der Waals surface area (Å²) < 4.78 is 11.1. The third-order valence-corrected chi connectivity index (χ3v) is 3.28. The molecule has 1 saturated heterocycles. The smallest absolute Gasteiger partial charge is 0.332 e. The molecule has 0 saturated carbocycles. The highest BCUT2D eigenvalue weighted by Crippen LogP contribution is 2.16. The molecule has 0 bridgehead atoms. The van der Waals surface area contributed by atoms with Crippen LogP contribution < -0.4 is 15.9 Å². The number of amides is 2. The molecule has 1 aromatic rings. The van der Waals surface area contributed by atoms with Crippen LogP contribution in [-0.4, -0.2) is 56.6 Å². The van der Waals surface area contributed by atoms with Crippen molar-refractivity contribution in [2.45, 2.75) is 6.42 Å². The molecule has 22 heavy (non-hydrogen) atoms. The molecule has 0 radical (unpaired) electrons. The predicted octanol–water partition coefficient (Wildman–Crippen LogP) is 0.790. The Balaban J connectivity index is 1.76. The van der Waals surface area contributed by atoms with Crippen LogP contribution in [0.15, 0.2) is 29.4 Å². The summed E-state index contributed by atoms with van der Waals surface area (Å²) in [7, 11) is 0. The van der Waals surface area contributed by atoms with Gasteiger partial charge in [-0.3, -0.25) is 4.90 Å². The van der Waals surface area contributed by atoms with Crippen LogP contribution in [0.4, 0.5) is 4.79 Å². The van der Waals surface area contributed by atoms with Gasteiger partial charge in [0.15, 0.2) is 0 Å². The van der Waals surface area contributed by atoms with Gasteiger partial charge in [-0.15, -0.1) is 0 Å². The topological polar surface area (TPSA) is 89.2 Å². The van der Waals surface area contributed by atoms with E-state index >= 15 is 0 Å². The molecule has 120 valence electrons. The first-order valence-corrected chi connectivity index (χ1v) is 7.36. The number of nitrogens with zero attached hydrogens (tertiary/aromatic N) is 2. The van der Waals surface area contributed by atoms with Crippen LogP contribution in [0.5, 0.6) is 5.75 Å². The van der Waals surface area contributed by atoms with Gasteiger partial charge in [0.2, 0.25) is 0 Å². The van der Waals surface area contributed by atoms with E-state index in [1.807, 2.05) is 24.3 Å². The summed E-state index contributed by atoms with van der Waals surface area (Å²) >= 11 is 0. The van der Waals surface area contributed by atoms with Crippen molar-refractivity contribution >= 4 is 12.2 Å². The third-order valence-electron chi connectivity index (χ3n) is 3.28. The van der Waals surface area contributed by atoms with Crippen LogP contribution in [0.1, 0.15) is 12.0 Å². The van der Waals surface area contributed by atoms with Gasteiger partial charge in [0.25, 0.3) is 0 Å². The fourth-order valence-electron chi connectivity index (χ4n) is 2.18. The summed E-state index contributed by atoms with van der Waals surface area (Å²) in [5.74, 6) is 0.736. The highest BCUT2D eigenvalue weighted by Gasteiger charge is 2.09. The number of primary amides is 1. The number of nitrogens with one attached hydrogen (secondary N) is 1. The van der Waals surface area contributed by atoms with Crippen LogP contribution in [0, 0.1) is 0 Å². The third kappa shape index (κ3) is 5.71. The number of benzene rings is 1. The number of carbonyl (C=O) groups is 1. The fraction of sp³-hybridized carbons (Fsp3) is 0.467. The molecular formula is C15H22N4O3. The maximum Gasteiger partial charge on any atom is 0.332 e. The molecule has 0 spiro atoms. The van der Waals surface area contributed by atoms with E-state index in [0.29, 0.717) is 6.61 Å². The molecule has 0 aliphatic carbocycles. The number of hydrogen-bond acceptors (Lipinski definition) is 5. The standard InChI is InChI=1S/C15H22N4O3/c16-15(20)18-17-12-13-4-1-2-5-14(13)22-9-3-6-19-7-10-21-11-8-19/h1-2,4-5,12H,3,6-11H2,(H3,16,18,20). The average molecular weight is 306 g/mol. The molecule has 3 N–H and O–H groups in total. The predicted molar refractivity (Wildman–Crippen MR) is 84.1 cm³/mol. The molecule has 0 atom stereocenters. The number of urea groups is 1. The molecule has 1 aromatic carbocycles. The van der Waals surface area contributed by atoms with E-state index in [1.165, 1.54) is 6.21 Å². The minimum atomic E-state index is -0.694. The second-order valence-electron chi connectivity index (χ2n) is 4.93. The van der Waals surface area contributed by atoms with Crippen molar-refractivity contribution in [1.82, 2.24) is 10.3 Å². The zero-order chi connectivity index (χ0) is 15.6. The van der Waals surface area contributed by atoms with Crippen LogP contribution in [-0.2, 0) is 4.74 Å². The molecule has 1 aliphatic rings. The highest BCUT2D eigenvalue weighted by molar-refractivity contribution is 5.84. The van der Waals surface area contributed by atoms with Gasteiger partial charge in [0.05, 0.1) is 26.0 Å². The number of rotatable bonds is 7. The van der Waals surface area contributed by atoms with Crippen molar-refractivity contribution in [2.24, 2.45) is 10.8 Å². The van der Waals surface area contributed by atoms with Crippen LogP contribution in [0.25, 0.3) is 0 Å². The molecule has 1 heterocycles. The van der Waals surface area contributed by atoms with Crippen LogP contribution >= 0.6 is 0 Å². The SMILES string of the molecule is NC(=O)NN=Cc1ccccc1OCCCN1CCOCC1. The Morgan fingerprint density at radius 1 is 1.41 bits per heavy atom. The van der Waals surface area contributed by atoms with E-state index < -0.39 is 6.03 Å². The van der Waals surface area contributed by atoms with Gasteiger partial charge in [0, 0.05) is 25.2 Å². The van der Waals surface area contributed by atoms with Gasteiger partial charge < -0.3 is 15.2 Å². The maximum absolute atomic E-state index is 10.6. The second kappa shape index (κ2) is 9.01. The first-order valence-electron chi connectivity index (χ1n) is 7.36. The minimum absolute atomic E-state index is 0.630. The molecule has 1 aliphatic heterocycles. The summed E-state index contributed by atoms with van der Waals surface area (Å²) in [5.41, 5.74) is 7.91. The second-order valence-corrected chi connectivity index (χ2v) is 4.93. The van der Waals surface area contributed by atoms with E-state index in [4.69, 9.17) is 15.2 Å². The Bertz CT molecular complexity index is 501. The molecule has 0 aromatic heterocycles. The summed E-state index contributed by atoms with van der Waals surface area (Å²) in [4.78, 5) is 13.0. The lowest BCUT2D eigenvalue weighted by atomic mass is 10.2. The largest absolute Gasteiger partial charge is 0.493 e. The van der Waals surface area contributed by atoms with E-state index in [0.717, 1.165) is 50.6 Å². The molecular weight excluding hydrogens is 284 g/mol. The molecule has 2 amide bonds. The first-order chi connectivity index (χ1) is 10.8. The Morgan fingerprint density at radius 3 is 2.95 bits per heavy atom. The highest BCUT2D eigenvalue weighted by atomic mass is 16.5. The van der Waals surface area contributed by atoms with Crippen molar-refractivity contribution in [3.63, 3.8) is 0 Å². The zero-order valence-electron chi connectivity index (χ0n) is 12.5. The van der Waals surface area contributed by atoms with E-state index in [2.05, 4.69) is 15.4 Å². The number of morpholine rings is 1. The lowest BCUT2D eigenvalue weighted by molar-refractivity contribution is 0.0358. The molecule has 7 heteroatoms. The van der Waals surface area contributed by atoms with Gasteiger partial charge in [-0.1, -0.05) is 12.1 Å². The van der Waals surface area contributed by atoms with Gasteiger partial charge in [-0.25, -0.2) is 10.2 Å². The number of nitrogens with two attached hydrogens (primary N) is 1. The van der Waals surface area contributed by atoms with Crippen molar-refractivity contribution in [3.05, 3.63) is 29.8 Å². The maximum atomic E-state index is 10.6. The quantitative estimate of drug-likeness (QED) is 0.443. The number of carbonyl (C=O) groups excluding carboxylic acids is 1. The molecule has 7 nitrogen and oxygen atoms in total. The lowest BCUT2D eigenvalue weighted by Gasteiger charge is -2.26. The number of hydrazone groups is 1. The van der Waals surface area contributed by atoms with Crippen molar-refractivity contribution < 1.29 is 14.3 Å². The fourth-order valence-corrected chi connectivity index (χ4v) is 2.18. The van der Waals surface area contributed by atoms with Crippen LogP contribution in [0.3, 0.4) is 0 Å². The van der Waals surface area contributed by atoms with Gasteiger partial charge in [0.1, 0.15) is 5.75 Å². The summed E-state index contributed by atoms with van der Waals surface area (Å²) in [6, 6.07) is 6.83.